The second-order valence-electron chi connectivity index (χ2n) is 6.51. The van der Waals surface area contributed by atoms with Gasteiger partial charge in [0.15, 0.2) is 6.10 Å². The number of rotatable bonds is 9. The molecule has 0 saturated heterocycles. The van der Waals surface area contributed by atoms with Gasteiger partial charge in [0.25, 0.3) is 5.91 Å². The molecule has 0 saturated carbocycles. The third kappa shape index (κ3) is 7.22. The number of ether oxygens (including phenoxy) is 2. The maximum Gasteiger partial charge on any atom is 0.347 e. The quantitative estimate of drug-likeness (QED) is 0.276. The van der Waals surface area contributed by atoms with E-state index in [9.17, 15) is 18.8 Å². The van der Waals surface area contributed by atoms with Crippen LogP contribution in [0.5, 0.6) is 5.75 Å². The van der Waals surface area contributed by atoms with Gasteiger partial charge in [-0.15, -0.1) is 0 Å². The molecule has 31 heavy (non-hydrogen) atoms. The van der Waals surface area contributed by atoms with Gasteiger partial charge >= 0.3 is 5.97 Å². The molecule has 0 bridgehead atoms. The van der Waals surface area contributed by atoms with Crippen LogP contribution in [0.15, 0.2) is 53.6 Å². The SMILES string of the molecule is CCOC(=O)C(C)Oc1ccc(C=NNC(=O)C(C)C(=O)Nc2ccccc2F)cc1. The lowest BCUT2D eigenvalue weighted by molar-refractivity contribution is -0.150. The number of amides is 2. The van der Waals surface area contributed by atoms with Crippen molar-refractivity contribution in [3.8, 4) is 5.75 Å². The standard InChI is InChI=1S/C22H24FN3O5/c1-4-30-22(29)15(3)31-17-11-9-16(10-12-17)13-24-26-21(28)14(2)20(27)25-19-8-6-5-7-18(19)23/h5-15H,4H2,1-3H3,(H,25,27)(H,26,28). The molecule has 0 aliphatic heterocycles. The minimum Gasteiger partial charge on any atom is -0.479 e. The molecule has 164 valence electrons. The topological polar surface area (TPSA) is 106 Å². The Labute approximate surface area is 179 Å². The summed E-state index contributed by atoms with van der Waals surface area (Å²) in [5, 5.41) is 6.18. The van der Waals surface area contributed by atoms with Gasteiger partial charge in [-0.05, 0) is 62.7 Å². The second kappa shape index (κ2) is 11.4. The molecule has 2 rings (SSSR count). The van der Waals surface area contributed by atoms with Crippen LogP contribution in [0, 0.1) is 11.7 Å². The number of nitrogens with one attached hydrogen (secondary N) is 2. The number of anilines is 1. The van der Waals surface area contributed by atoms with Crippen molar-refractivity contribution in [2.24, 2.45) is 11.0 Å². The number of para-hydroxylation sites is 1. The molecule has 2 aromatic rings. The highest BCUT2D eigenvalue weighted by Gasteiger charge is 2.22. The highest BCUT2D eigenvalue weighted by molar-refractivity contribution is 6.06. The second-order valence-corrected chi connectivity index (χ2v) is 6.51. The van der Waals surface area contributed by atoms with Crippen LogP contribution < -0.4 is 15.5 Å². The predicted octanol–water partition coefficient (Wildman–Crippen LogP) is 2.88. The summed E-state index contributed by atoms with van der Waals surface area (Å²) in [6.45, 7) is 4.97. The summed E-state index contributed by atoms with van der Waals surface area (Å²) in [4.78, 5) is 35.8. The van der Waals surface area contributed by atoms with E-state index < -0.39 is 35.6 Å². The van der Waals surface area contributed by atoms with Crippen LogP contribution in [0.25, 0.3) is 0 Å². The average Bonchev–Trinajstić information content (AvgIpc) is 2.76. The van der Waals surface area contributed by atoms with E-state index in [1.54, 1.807) is 44.2 Å². The predicted molar refractivity (Wildman–Crippen MR) is 113 cm³/mol. The number of carbonyl (C=O) groups is 3. The minimum atomic E-state index is -1.09. The minimum absolute atomic E-state index is 0.00441. The van der Waals surface area contributed by atoms with Gasteiger partial charge in [0, 0.05) is 0 Å². The molecule has 9 heteroatoms. The summed E-state index contributed by atoms with van der Waals surface area (Å²) in [6, 6.07) is 12.3. The van der Waals surface area contributed by atoms with Gasteiger partial charge < -0.3 is 14.8 Å². The van der Waals surface area contributed by atoms with Gasteiger partial charge in [-0.3, -0.25) is 9.59 Å². The molecule has 2 amide bonds. The number of benzene rings is 2. The van der Waals surface area contributed by atoms with Gasteiger partial charge in [-0.2, -0.15) is 5.10 Å². The van der Waals surface area contributed by atoms with E-state index in [0.29, 0.717) is 11.3 Å². The third-order valence-corrected chi connectivity index (χ3v) is 4.12. The lowest BCUT2D eigenvalue weighted by Gasteiger charge is -2.13. The number of esters is 1. The molecule has 0 aliphatic rings. The monoisotopic (exact) mass is 429 g/mol. The Bertz CT molecular complexity index is 946. The van der Waals surface area contributed by atoms with Crippen LogP contribution in [0.3, 0.4) is 0 Å². The molecule has 2 N–H and O–H groups in total. The van der Waals surface area contributed by atoms with Crippen LogP contribution in [-0.4, -0.2) is 36.7 Å². The molecule has 0 fully saturated rings. The fraction of sp³-hybridized carbons (Fsp3) is 0.273. The summed E-state index contributed by atoms with van der Waals surface area (Å²) in [7, 11) is 0. The lowest BCUT2D eigenvalue weighted by Crippen LogP contribution is -2.34. The number of carbonyl (C=O) groups excluding carboxylic acids is 3. The van der Waals surface area contributed by atoms with Crippen molar-refractivity contribution in [1.29, 1.82) is 0 Å². The lowest BCUT2D eigenvalue weighted by atomic mass is 10.1. The summed E-state index contributed by atoms with van der Waals surface area (Å²) < 4.78 is 24.0. The van der Waals surface area contributed by atoms with E-state index in [1.807, 2.05) is 0 Å². The first kappa shape index (κ1) is 23.5. The van der Waals surface area contributed by atoms with Crippen molar-refractivity contribution in [2.75, 3.05) is 11.9 Å². The summed E-state index contributed by atoms with van der Waals surface area (Å²) >= 11 is 0. The molecular formula is C22H24FN3O5. The summed E-state index contributed by atoms with van der Waals surface area (Å²) in [6.07, 6.45) is 0.647. The number of nitrogens with zero attached hydrogens (tertiary/aromatic N) is 1. The van der Waals surface area contributed by atoms with Crippen LogP contribution in [-0.2, 0) is 19.1 Å². The van der Waals surface area contributed by atoms with Crippen molar-refractivity contribution in [3.63, 3.8) is 0 Å². The van der Waals surface area contributed by atoms with Crippen LogP contribution in [0.4, 0.5) is 10.1 Å². The summed E-state index contributed by atoms with van der Waals surface area (Å²) in [5.74, 6) is -2.96. The normalized spacial score (nSPS) is 12.6. The number of halogens is 1. The molecule has 0 radical (unpaired) electrons. The average molecular weight is 429 g/mol. The first-order valence-corrected chi connectivity index (χ1v) is 9.63. The molecule has 0 aromatic heterocycles. The molecule has 8 nitrogen and oxygen atoms in total. The molecule has 0 heterocycles. The van der Waals surface area contributed by atoms with E-state index in [4.69, 9.17) is 9.47 Å². The number of hydrogen-bond acceptors (Lipinski definition) is 6. The zero-order valence-electron chi connectivity index (χ0n) is 17.4. The first-order valence-electron chi connectivity index (χ1n) is 9.63. The number of hydrazone groups is 1. The van der Waals surface area contributed by atoms with Crippen LogP contribution >= 0.6 is 0 Å². The zero-order chi connectivity index (χ0) is 22.8. The van der Waals surface area contributed by atoms with E-state index >= 15 is 0 Å². The van der Waals surface area contributed by atoms with Gasteiger partial charge in [-0.1, -0.05) is 12.1 Å². The Morgan fingerprint density at radius 3 is 2.39 bits per heavy atom. The van der Waals surface area contributed by atoms with Gasteiger partial charge in [-0.25, -0.2) is 14.6 Å². The Hall–Kier alpha value is -3.75. The molecule has 2 atom stereocenters. The smallest absolute Gasteiger partial charge is 0.347 e. The fourth-order valence-corrected chi connectivity index (χ4v) is 2.33. The van der Waals surface area contributed by atoms with Crippen molar-refractivity contribution < 1.29 is 28.2 Å². The summed E-state index contributed by atoms with van der Waals surface area (Å²) in [5.41, 5.74) is 2.92. The molecule has 2 aromatic carbocycles. The maximum absolute atomic E-state index is 13.6. The Kier molecular flexibility index (Phi) is 8.68. The Morgan fingerprint density at radius 1 is 1.06 bits per heavy atom. The van der Waals surface area contributed by atoms with E-state index in [1.165, 1.54) is 31.3 Å². The zero-order valence-corrected chi connectivity index (χ0v) is 17.4. The fourth-order valence-electron chi connectivity index (χ4n) is 2.33. The third-order valence-electron chi connectivity index (χ3n) is 4.12. The van der Waals surface area contributed by atoms with Crippen molar-refractivity contribution >= 4 is 29.7 Å². The Balaban J connectivity index is 1.85. The Morgan fingerprint density at radius 2 is 1.74 bits per heavy atom. The van der Waals surface area contributed by atoms with Crippen LogP contribution in [0.2, 0.25) is 0 Å². The van der Waals surface area contributed by atoms with Crippen LogP contribution in [0.1, 0.15) is 26.3 Å². The van der Waals surface area contributed by atoms with Gasteiger partial charge in [0.05, 0.1) is 18.5 Å². The van der Waals surface area contributed by atoms with Crippen molar-refractivity contribution in [1.82, 2.24) is 5.43 Å². The molecule has 2 unspecified atom stereocenters. The highest BCUT2D eigenvalue weighted by Crippen LogP contribution is 2.15. The molecular weight excluding hydrogens is 405 g/mol. The largest absolute Gasteiger partial charge is 0.479 e. The van der Waals surface area contributed by atoms with Crippen molar-refractivity contribution in [2.45, 2.75) is 26.9 Å². The number of hydrogen-bond donors (Lipinski definition) is 2. The van der Waals surface area contributed by atoms with Gasteiger partial charge in [0.2, 0.25) is 5.91 Å². The van der Waals surface area contributed by atoms with Gasteiger partial charge in [0.1, 0.15) is 17.5 Å². The molecule has 0 aliphatic carbocycles. The van der Waals surface area contributed by atoms with E-state index in [0.717, 1.165) is 0 Å². The highest BCUT2D eigenvalue weighted by atomic mass is 19.1. The van der Waals surface area contributed by atoms with Crippen molar-refractivity contribution in [3.05, 3.63) is 59.9 Å². The van der Waals surface area contributed by atoms with E-state index in [2.05, 4.69) is 15.8 Å². The first-order chi connectivity index (χ1) is 14.8. The molecule has 0 spiro atoms. The maximum atomic E-state index is 13.6. The van der Waals surface area contributed by atoms with E-state index in [-0.39, 0.29) is 12.3 Å².